The van der Waals surface area contributed by atoms with Gasteiger partial charge in [-0.15, -0.1) is 0 Å². The predicted octanol–water partition coefficient (Wildman–Crippen LogP) is 1.44. The number of aromatic carboxylic acids is 1. The summed E-state index contributed by atoms with van der Waals surface area (Å²) in [7, 11) is 0. The molecule has 1 aliphatic rings. The van der Waals surface area contributed by atoms with Crippen molar-refractivity contribution in [3.8, 4) is 0 Å². The molecule has 1 atom stereocenters. The Morgan fingerprint density at radius 2 is 1.89 bits per heavy atom. The van der Waals surface area contributed by atoms with E-state index in [0.29, 0.717) is 19.4 Å². The summed E-state index contributed by atoms with van der Waals surface area (Å²) in [6.07, 6.45) is -1.66. The largest absolute Gasteiger partial charge is 0.476 e. The van der Waals surface area contributed by atoms with Crippen molar-refractivity contribution < 1.29 is 32.7 Å². The molecule has 0 aromatic carbocycles. The second-order valence-corrected chi connectivity index (χ2v) is 6.15. The summed E-state index contributed by atoms with van der Waals surface area (Å²) in [4.78, 5) is 45.1. The summed E-state index contributed by atoms with van der Waals surface area (Å²) < 4.78 is 37.9. The summed E-state index contributed by atoms with van der Waals surface area (Å²) in [5, 5.41) is 8.79. The van der Waals surface area contributed by atoms with E-state index in [0.717, 1.165) is 17.3 Å². The maximum Gasteiger partial charge on any atom is 0.406 e. The van der Waals surface area contributed by atoms with Gasteiger partial charge in [0.05, 0.1) is 18.3 Å². The average molecular weight is 388 g/mol. The number of rotatable bonds is 5. The van der Waals surface area contributed by atoms with Crippen LogP contribution in [-0.2, 0) is 4.79 Å². The zero-order valence-corrected chi connectivity index (χ0v) is 14.6. The summed E-state index contributed by atoms with van der Waals surface area (Å²) in [6, 6.07) is 0. The van der Waals surface area contributed by atoms with Crippen LogP contribution in [0.25, 0.3) is 0 Å². The number of carbonyl (C=O) groups excluding carboxylic acids is 2. The zero-order valence-electron chi connectivity index (χ0n) is 14.6. The van der Waals surface area contributed by atoms with Gasteiger partial charge in [0, 0.05) is 19.6 Å². The highest BCUT2D eigenvalue weighted by atomic mass is 19.4. The first-order valence-corrected chi connectivity index (χ1v) is 8.32. The van der Waals surface area contributed by atoms with Crippen molar-refractivity contribution in [2.45, 2.75) is 25.9 Å². The Morgan fingerprint density at radius 1 is 1.26 bits per heavy atom. The lowest BCUT2D eigenvalue weighted by Gasteiger charge is -2.34. The number of carboxylic acids is 1. The fourth-order valence-electron chi connectivity index (χ4n) is 2.89. The van der Waals surface area contributed by atoms with Crippen LogP contribution in [0.5, 0.6) is 0 Å². The zero-order chi connectivity index (χ0) is 20.2. The fourth-order valence-corrected chi connectivity index (χ4v) is 2.89. The van der Waals surface area contributed by atoms with E-state index in [1.165, 1.54) is 11.8 Å². The van der Waals surface area contributed by atoms with Crippen LogP contribution in [0.15, 0.2) is 12.4 Å². The van der Waals surface area contributed by atoms with Gasteiger partial charge in [-0.25, -0.2) is 14.8 Å². The molecule has 27 heavy (non-hydrogen) atoms. The maximum atomic E-state index is 12.6. The van der Waals surface area contributed by atoms with Gasteiger partial charge in [0.25, 0.3) is 5.91 Å². The Morgan fingerprint density at radius 3 is 2.41 bits per heavy atom. The maximum absolute atomic E-state index is 12.6. The monoisotopic (exact) mass is 388 g/mol. The third kappa shape index (κ3) is 5.38. The standard InChI is InChI=1S/C16H19F3N4O4/c1-2-22(9-16(17,18)19)13(24)10-4-3-5-23(8-10)14(25)11-6-21-12(7-20-11)15(26)27/h6-7,10H,2-5,8-9H2,1H3,(H,26,27). The molecule has 1 aromatic rings. The van der Waals surface area contributed by atoms with E-state index in [1.54, 1.807) is 0 Å². The van der Waals surface area contributed by atoms with E-state index >= 15 is 0 Å². The van der Waals surface area contributed by atoms with Gasteiger partial charge >= 0.3 is 12.1 Å². The van der Waals surface area contributed by atoms with E-state index in [4.69, 9.17) is 5.11 Å². The van der Waals surface area contributed by atoms with Crippen molar-refractivity contribution in [2.75, 3.05) is 26.2 Å². The smallest absolute Gasteiger partial charge is 0.406 e. The molecular weight excluding hydrogens is 369 g/mol. The molecule has 2 heterocycles. The minimum Gasteiger partial charge on any atom is -0.476 e. The van der Waals surface area contributed by atoms with Crippen molar-refractivity contribution in [1.29, 1.82) is 0 Å². The summed E-state index contributed by atoms with van der Waals surface area (Å²) in [5.41, 5.74) is -0.403. The Labute approximate surface area is 153 Å². The van der Waals surface area contributed by atoms with Crippen LogP contribution >= 0.6 is 0 Å². The van der Waals surface area contributed by atoms with Crippen LogP contribution in [0.4, 0.5) is 13.2 Å². The van der Waals surface area contributed by atoms with Gasteiger partial charge in [-0.3, -0.25) is 9.59 Å². The van der Waals surface area contributed by atoms with E-state index in [1.807, 2.05) is 0 Å². The third-order valence-corrected chi connectivity index (χ3v) is 4.21. The molecule has 0 spiro atoms. The molecule has 1 N–H and O–H groups in total. The number of amides is 2. The van der Waals surface area contributed by atoms with Crippen LogP contribution < -0.4 is 0 Å². The van der Waals surface area contributed by atoms with Gasteiger partial charge in [0.2, 0.25) is 5.91 Å². The number of hydrogen-bond acceptors (Lipinski definition) is 5. The number of carbonyl (C=O) groups is 3. The topological polar surface area (TPSA) is 104 Å². The molecule has 0 aliphatic carbocycles. The average Bonchev–Trinajstić information content (AvgIpc) is 2.64. The number of aromatic nitrogens is 2. The highest BCUT2D eigenvalue weighted by Gasteiger charge is 2.37. The Hall–Kier alpha value is -2.72. The minimum absolute atomic E-state index is 0.0195. The van der Waals surface area contributed by atoms with Gasteiger partial charge in [-0.05, 0) is 19.8 Å². The summed E-state index contributed by atoms with van der Waals surface area (Å²) in [5.74, 6) is -3.19. The normalized spacial score (nSPS) is 17.5. The minimum atomic E-state index is -4.49. The molecule has 0 bridgehead atoms. The number of hydrogen-bond donors (Lipinski definition) is 1. The number of likely N-dealkylation sites (tertiary alicyclic amines) is 1. The van der Waals surface area contributed by atoms with E-state index in [-0.39, 0.29) is 24.5 Å². The van der Waals surface area contributed by atoms with E-state index < -0.39 is 36.4 Å². The summed E-state index contributed by atoms with van der Waals surface area (Å²) in [6.45, 7) is 0.375. The number of alkyl halides is 3. The van der Waals surface area contributed by atoms with E-state index in [9.17, 15) is 27.6 Å². The molecule has 1 aromatic heterocycles. The van der Waals surface area contributed by atoms with Crippen LogP contribution in [-0.4, -0.2) is 75.0 Å². The lowest BCUT2D eigenvalue weighted by atomic mass is 9.96. The molecule has 1 saturated heterocycles. The molecule has 2 rings (SSSR count). The molecule has 0 radical (unpaired) electrons. The second-order valence-electron chi connectivity index (χ2n) is 6.15. The van der Waals surface area contributed by atoms with Crippen molar-refractivity contribution in [3.05, 3.63) is 23.8 Å². The quantitative estimate of drug-likeness (QED) is 0.819. The molecule has 1 fully saturated rings. The highest BCUT2D eigenvalue weighted by molar-refractivity contribution is 5.93. The molecule has 2 amide bonds. The third-order valence-electron chi connectivity index (χ3n) is 4.21. The van der Waals surface area contributed by atoms with Crippen LogP contribution in [0.1, 0.15) is 40.7 Å². The molecular formula is C16H19F3N4O4. The lowest BCUT2D eigenvalue weighted by Crippen LogP contribution is -2.48. The first-order chi connectivity index (χ1) is 12.6. The van der Waals surface area contributed by atoms with Gasteiger partial charge in [0.1, 0.15) is 12.2 Å². The van der Waals surface area contributed by atoms with Crippen LogP contribution in [0, 0.1) is 5.92 Å². The molecule has 8 nitrogen and oxygen atoms in total. The molecule has 1 aliphatic heterocycles. The van der Waals surface area contributed by atoms with Crippen molar-refractivity contribution >= 4 is 17.8 Å². The summed E-state index contributed by atoms with van der Waals surface area (Å²) >= 11 is 0. The van der Waals surface area contributed by atoms with Gasteiger partial charge in [0.15, 0.2) is 5.69 Å². The lowest BCUT2D eigenvalue weighted by molar-refractivity contribution is -0.164. The molecule has 0 saturated carbocycles. The van der Waals surface area contributed by atoms with Crippen LogP contribution in [0.3, 0.4) is 0 Å². The van der Waals surface area contributed by atoms with Gasteiger partial charge in [-0.2, -0.15) is 13.2 Å². The van der Waals surface area contributed by atoms with Gasteiger partial charge < -0.3 is 14.9 Å². The predicted molar refractivity (Wildman–Crippen MR) is 85.9 cm³/mol. The number of piperidine rings is 1. The van der Waals surface area contributed by atoms with Gasteiger partial charge in [-0.1, -0.05) is 0 Å². The van der Waals surface area contributed by atoms with E-state index in [2.05, 4.69) is 9.97 Å². The Bertz CT molecular complexity index is 709. The Balaban J connectivity index is 2.06. The van der Waals surface area contributed by atoms with Crippen molar-refractivity contribution in [1.82, 2.24) is 19.8 Å². The fraction of sp³-hybridized carbons (Fsp3) is 0.562. The molecule has 11 heteroatoms. The number of carboxylic acid groups (broad SMARTS) is 1. The van der Waals surface area contributed by atoms with Crippen molar-refractivity contribution in [2.24, 2.45) is 5.92 Å². The second kappa shape index (κ2) is 8.31. The highest BCUT2D eigenvalue weighted by Crippen LogP contribution is 2.23. The first kappa shape index (κ1) is 20.6. The van der Waals surface area contributed by atoms with Crippen molar-refractivity contribution in [3.63, 3.8) is 0 Å². The first-order valence-electron chi connectivity index (χ1n) is 8.32. The Kier molecular flexibility index (Phi) is 6.34. The number of halogens is 3. The molecule has 1 unspecified atom stereocenters. The van der Waals surface area contributed by atoms with Crippen LogP contribution in [0.2, 0.25) is 0 Å². The SMILES string of the molecule is CCN(CC(F)(F)F)C(=O)C1CCCN(C(=O)c2cnc(C(=O)O)cn2)C1. The molecule has 148 valence electrons. The number of nitrogens with zero attached hydrogens (tertiary/aromatic N) is 4.